The molecule has 2 N–H and O–H groups in total. The van der Waals surface area contributed by atoms with Gasteiger partial charge in [0.05, 0.1) is 21.2 Å². The topological polar surface area (TPSA) is 126 Å². The highest BCUT2D eigenvalue weighted by molar-refractivity contribution is 7.92. The lowest BCUT2D eigenvalue weighted by molar-refractivity contribution is -0.110. The first-order chi connectivity index (χ1) is 12.0. The number of carbonyl (C=O) groups excluding carboxylic acids is 2. The Morgan fingerprint density at radius 3 is 2.52 bits per heavy atom. The van der Waals surface area contributed by atoms with Crippen molar-refractivity contribution in [3.63, 3.8) is 0 Å². The Hall–Kier alpha value is -2.59. The predicted octanol–water partition coefficient (Wildman–Crippen LogP) is 1.71. The van der Waals surface area contributed by atoms with Crippen LogP contribution in [0.3, 0.4) is 0 Å². The third-order valence-corrected chi connectivity index (χ3v) is 6.71. The van der Waals surface area contributed by atoms with Gasteiger partial charge in [-0.15, -0.1) is 0 Å². The van der Waals surface area contributed by atoms with Crippen molar-refractivity contribution in [3.8, 4) is 0 Å². The largest absolute Gasteiger partial charge is 0.410 e. The van der Waals surface area contributed by atoms with Crippen molar-refractivity contribution >= 4 is 44.2 Å². The van der Waals surface area contributed by atoms with Gasteiger partial charge < -0.3 is 5.21 Å². The molecule has 1 aliphatic rings. The molecular formula is C15H13N3O5S2. The molecule has 130 valence electrons. The summed E-state index contributed by atoms with van der Waals surface area (Å²) >= 11 is 0.973. The molecule has 1 amide bonds. The van der Waals surface area contributed by atoms with Gasteiger partial charge in [0.15, 0.2) is 27.0 Å². The minimum absolute atomic E-state index is 0.173. The van der Waals surface area contributed by atoms with Crippen LogP contribution in [-0.2, 0) is 14.6 Å². The molecule has 1 heterocycles. The summed E-state index contributed by atoms with van der Waals surface area (Å²) in [5.41, 5.74) is -0.0415. The number of oxime groups is 1. The van der Waals surface area contributed by atoms with Crippen molar-refractivity contribution in [1.29, 1.82) is 0 Å². The summed E-state index contributed by atoms with van der Waals surface area (Å²) in [7, 11) is -3.33. The van der Waals surface area contributed by atoms with Gasteiger partial charge in [-0.25, -0.2) is 13.4 Å². The fourth-order valence-corrected chi connectivity index (χ4v) is 4.45. The van der Waals surface area contributed by atoms with E-state index in [1.807, 2.05) is 0 Å². The Bertz CT molecular complexity index is 944. The molecule has 0 radical (unpaired) electrons. The summed E-state index contributed by atoms with van der Waals surface area (Å²) in [5.74, 6) is -0.730. The summed E-state index contributed by atoms with van der Waals surface area (Å²) in [6, 6.07) is 5.58. The number of benzene rings is 1. The molecule has 0 bridgehead atoms. The lowest BCUT2D eigenvalue weighted by atomic mass is 10.1. The van der Waals surface area contributed by atoms with Crippen molar-refractivity contribution in [1.82, 2.24) is 4.98 Å². The lowest BCUT2D eigenvalue weighted by Gasteiger charge is -2.06. The number of hydrogen-bond acceptors (Lipinski definition) is 8. The summed E-state index contributed by atoms with van der Waals surface area (Å²) in [5, 5.41) is 14.4. The predicted molar refractivity (Wildman–Crippen MR) is 91.1 cm³/mol. The standard InChI is InChI=1S/C15H13N3O5S2/c19-8-10-7-16-15(24-10)17-14(20)13(18-21)9-1-3-11(4-2-9)25(22,23)12-5-6-12/h1-4,7-8,12,21H,5-6H2,(H,16,17,20)/b18-13+. The molecule has 0 aliphatic heterocycles. The number of anilines is 1. The number of carbonyl (C=O) groups is 2. The summed E-state index contributed by atoms with van der Waals surface area (Å²) in [6.07, 6.45) is 3.23. The van der Waals surface area contributed by atoms with Gasteiger partial charge in [0.25, 0.3) is 5.91 Å². The number of sulfone groups is 1. The van der Waals surface area contributed by atoms with E-state index in [4.69, 9.17) is 5.21 Å². The quantitative estimate of drug-likeness (QED) is 0.341. The smallest absolute Gasteiger partial charge is 0.280 e. The van der Waals surface area contributed by atoms with Gasteiger partial charge >= 0.3 is 0 Å². The van der Waals surface area contributed by atoms with Gasteiger partial charge in [0.1, 0.15) is 0 Å². The van der Waals surface area contributed by atoms with Crippen molar-refractivity contribution in [2.24, 2.45) is 5.16 Å². The average Bonchev–Trinajstić information content (AvgIpc) is 3.37. The first-order valence-electron chi connectivity index (χ1n) is 7.24. The number of nitrogens with one attached hydrogen (secondary N) is 1. The van der Waals surface area contributed by atoms with Crippen molar-refractivity contribution in [2.75, 3.05) is 5.32 Å². The molecule has 0 atom stereocenters. The van der Waals surface area contributed by atoms with E-state index in [1.165, 1.54) is 30.5 Å². The molecule has 0 unspecified atom stereocenters. The molecule has 10 heteroatoms. The van der Waals surface area contributed by atoms with E-state index < -0.39 is 15.7 Å². The molecule has 0 saturated heterocycles. The Morgan fingerprint density at radius 1 is 1.32 bits per heavy atom. The highest BCUT2D eigenvalue weighted by Crippen LogP contribution is 2.33. The van der Waals surface area contributed by atoms with Crippen LogP contribution in [0.25, 0.3) is 0 Å². The van der Waals surface area contributed by atoms with Gasteiger partial charge in [0.2, 0.25) is 0 Å². The Morgan fingerprint density at radius 2 is 2.00 bits per heavy atom. The molecule has 1 aromatic heterocycles. The summed E-state index contributed by atoms with van der Waals surface area (Å²) in [6.45, 7) is 0. The second-order valence-corrected chi connectivity index (χ2v) is 8.65. The second-order valence-electron chi connectivity index (χ2n) is 5.36. The highest BCUT2D eigenvalue weighted by Gasteiger charge is 2.36. The van der Waals surface area contributed by atoms with E-state index in [0.717, 1.165) is 11.3 Å². The molecule has 2 aromatic rings. The van der Waals surface area contributed by atoms with Gasteiger partial charge in [-0.3, -0.25) is 14.9 Å². The third kappa shape index (κ3) is 3.59. The van der Waals surface area contributed by atoms with Crippen LogP contribution in [0.1, 0.15) is 28.1 Å². The Kier molecular flexibility index (Phi) is 4.64. The number of aldehydes is 1. The monoisotopic (exact) mass is 379 g/mol. The summed E-state index contributed by atoms with van der Waals surface area (Å²) in [4.78, 5) is 27.2. The minimum atomic E-state index is -3.33. The van der Waals surface area contributed by atoms with E-state index in [-0.39, 0.29) is 26.6 Å². The average molecular weight is 379 g/mol. The van der Waals surface area contributed by atoms with Crippen molar-refractivity contribution in [2.45, 2.75) is 23.0 Å². The highest BCUT2D eigenvalue weighted by atomic mass is 32.2. The van der Waals surface area contributed by atoms with Crippen LogP contribution < -0.4 is 5.32 Å². The normalized spacial score (nSPS) is 15.0. The fourth-order valence-electron chi connectivity index (χ4n) is 2.16. The van der Waals surface area contributed by atoms with Gasteiger partial charge in [-0.05, 0) is 25.0 Å². The lowest BCUT2D eigenvalue weighted by Crippen LogP contribution is -2.24. The number of thiazole rings is 1. The molecule has 8 nitrogen and oxygen atoms in total. The molecule has 25 heavy (non-hydrogen) atoms. The van der Waals surface area contributed by atoms with Crippen LogP contribution in [-0.4, -0.2) is 41.8 Å². The van der Waals surface area contributed by atoms with Crippen LogP contribution in [0.2, 0.25) is 0 Å². The van der Waals surface area contributed by atoms with Gasteiger partial charge in [0, 0.05) is 5.56 Å². The van der Waals surface area contributed by atoms with Crippen LogP contribution in [0.15, 0.2) is 40.5 Å². The Labute approximate surface area is 147 Å². The fraction of sp³-hybridized carbons (Fsp3) is 0.200. The van der Waals surface area contributed by atoms with E-state index in [1.54, 1.807) is 0 Å². The maximum Gasteiger partial charge on any atom is 0.280 e. The maximum atomic E-state index is 12.2. The minimum Gasteiger partial charge on any atom is -0.410 e. The first kappa shape index (κ1) is 17.2. The maximum absolute atomic E-state index is 12.2. The van der Waals surface area contributed by atoms with E-state index in [2.05, 4.69) is 15.5 Å². The van der Waals surface area contributed by atoms with Crippen molar-refractivity contribution in [3.05, 3.63) is 40.9 Å². The molecule has 1 aromatic carbocycles. The molecule has 0 spiro atoms. The molecule has 1 fully saturated rings. The zero-order chi connectivity index (χ0) is 18.0. The van der Waals surface area contributed by atoms with E-state index >= 15 is 0 Å². The SMILES string of the molecule is O=Cc1cnc(NC(=O)/C(=N/O)c2ccc(S(=O)(=O)C3CC3)cc2)s1. The van der Waals surface area contributed by atoms with Crippen LogP contribution in [0.5, 0.6) is 0 Å². The third-order valence-electron chi connectivity index (χ3n) is 3.59. The van der Waals surface area contributed by atoms with E-state index in [0.29, 0.717) is 24.0 Å². The van der Waals surface area contributed by atoms with Crippen LogP contribution in [0.4, 0.5) is 5.13 Å². The zero-order valence-corrected chi connectivity index (χ0v) is 14.4. The molecule has 3 rings (SSSR count). The number of amides is 1. The van der Waals surface area contributed by atoms with Crippen LogP contribution >= 0.6 is 11.3 Å². The van der Waals surface area contributed by atoms with Gasteiger partial charge in [-0.1, -0.05) is 28.6 Å². The number of nitrogens with zero attached hydrogens (tertiary/aromatic N) is 2. The number of hydrogen-bond donors (Lipinski definition) is 2. The van der Waals surface area contributed by atoms with Gasteiger partial charge in [-0.2, -0.15) is 0 Å². The Balaban J connectivity index is 1.78. The first-order valence-corrected chi connectivity index (χ1v) is 9.60. The molecule has 1 saturated carbocycles. The molecule has 1 aliphatic carbocycles. The summed E-state index contributed by atoms with van der Waals surface area (Å²) < 4.78 is 24.3. The zero-order valence-electron chi connectivity index (χ0n) is 12.7. The number of rotatable bonds is 6. The molecular weight excluding hydrogens is 366 g/mol. The van der Waals surface area contributed by atoms with E-state index in [9.17, 15) is 18.0 Å². The van der Waals surface area contributed by atoms with Crippen molar-refractivity contribution < 1.29 is 23.2 Å². The van der Waals surface area contributed by atoms with Crippen LogP contribution in [0, 0.1) is 0 Å². The second kappa shape index (κ2) is 6.73. The number of aromatic nitrogens is 1.